The van der Waals surface area contributed by atoms with E-state index in [2.05, 4.69) is 5.43 Å². The molecule has 5 nitrogen and oxygen atoms in total. The molecular weight excluding hydrogens is 244 g/mol. The third-order valence-corrected chi connectivity index (χ3v) is 3.03. The minimum atomic E-state index is 0.222. The molecule has 1 saturated heterocycles. The quantitative estimate of drug-likeness (QED) is 0.444. The van der Waals surface area contributed by atoms with Crippen molar-refractivity contribution >= 4 is 0 Å². The Bertz CT molecular complexity index is 367. The first-order chi connectivity index (χ1) is 9.38. The summed E-state index contributed by atoms with van der Waals surface area (Å²) in [6.07, 6.45) is 3.69. The van der Waals surface area contributed by atoms with Gasteiger partial charge in [-0.1, -0.05) is 6.07 Å². The second kappa shape index (κ2) is 7.99. The summed E-state index contributed by atoms with van der Waals surface area (Å²) in [7, 11) is 0. The summed E-state index contributed by atoms with van der Waals surface area (Å²) < 4.78 is 16.9. The highest BCUT2D eigenvalue weighted by Gasteiger charge is 2.14. The average Bonchev–Trinajstić information content (AvgIpc) is 2.47. The van der Waals surface area contributed by atoms with Gasteiger partial charge in [-0.15, -0.1) is 0 Å². The fourth-order valence-corrected chi connectivity index (χ4v) is 2.01. The van der Waals surface area contributed by atoms with Gasteiger partial charge in [-0.3, -0.25) is 11.3 Å². The Morgan fingerprint density at radius 2 is 2.11 bits per heavy atom. The second-order valence-corrected chi connectivity index (χ2v) is 4.58. The summed E-state index contributed by atoms with van der Waals surface area (Å²) in [5.74, 6) is 6.79. The van der Waals surface area contributed by atoms with Crippen molar-refractivity contribution in [1.82, 2.24) is 5.43 Å². The van der Waals surface area contributed by atoms with E-state index in [0.717, 1.165) is 30.9 Å². The molecule has 0 bridgehead atoms. The zero-order valence-electron chi connectivity index (χ0n) is 11.1. The zero-order chi connectivity index (χ0) is 13.3. The molecule has 1 fully saturated rings. The van der Waals surface area contributed by atoms with Gasteiger partial charge in [0.1, 0.15) is 24.7 Å². The zero-order valence-corrected chi connectivity index (χ0v) is 11.1. The Kier molecular flexibility index (Phi) is 5.94. The Morgan fingerprint density at radius 3 is 2.84 bits per heavy atom. The number of ether oxygens (including phenoxy) is 3. The SMILES string of the molecule is NNCCOc1cccc(OCC2CCCCO2)c1. The lowest BCUT2D eigenvalue weighted by molar-refractivity contribution is -0.0111. The molecule has 2 rings (SSSR count). The van der Waals surface area contributed by atoms with Crippen LogP contribution in [-0.2, 0) is 4.74 Å². The predicted octanol–water partition coefficient (Wildman–Crippen LogP) is 1.48. The van der Waals surface area contributed by atoms with Crippen LogP contribution >= 0.6 is 0 Å². The van der Waals surface area contributed by atoms with E-state index in [9.17, 15) is 0 Å². The van der Waals surface area contributed by atoms with Crippen LogP contribution in [0.1, 0.15) is 19.3 Å². The molecule has 0 radical (unpaired) electrons. The number of rotatable bonds is 7. The van der Waals surface area contributed by atoms with Crippen molar-refractivity contribution in [3.05, 3.63) is 24.3 Å². The molecule has 0 spiro atoms. The maximum absolute atomic E-state index is 5.75. The van der Waals surface area contributed by atoms with Crippen LogP contribution in [-0.4, -0.2) is 32.5 Å². The first-order valence-corrected chi connectivity index (χ1v) is 6.79. The van der Waals surface area contributed by atoms with Crippen LogP contribution in [0, 0.1) is 0 Å². The van der Waals surface area contributed by atoms with E-state index in [1.165, 1.54) is 6.42 Å². The monoisotopic (exact) mass is 266 g/mol. The third kappa shape index (κ3) is 5.06. The van der Waals surface area contributed by atoms with Gasteiger partial charge in [0.15, 0.2) is 0 Å². The van der Waals surface area contributed by atoms with Crippen LogP contribution in [0.5, 0.6) is 11.5 Å². The number of hydrazine groups is 1. The molecule has 0 saturated carbocycles. The Hall–Kier alpha value is -1.30. The largest absolute Gasteiger partial charge is 0.492 e. The van der Waals surface area contributed by atoms with Gasteiger partial charge in [0, 0.05) is 19.2 Å². The van der Waals surface area contributed by atoms with Gasteiger partial charge in [-0.2, -0.15) is 0 Å². The maximum atomic E-state index is 5.75. The molecule has 1 unspecified atom stereocenters. The summed E-state index contributed by atoms with van der Waals surface area (Å²) in [5, 5.41) is 0. The lowest BCUT2D eigenvalue weighted by Crippen LogP contribution is -2.27. The molecule has 1 heterocycles. The van der Waals surface area contributed by atoms with Crippen molar-refractivity contribution < 1.29 is 14.2 Å². The van der Waals surface area contributed by atoms with Crippen molar-refractivity contribution in [2.24, 2.45) is 5.84 Å². The van der Waals surface area contributed by atoms with Crippen molar-refractivity contribution in [3.63, 3.8) is 0 Å². The smallest absolute Gasteiger partial charge is 0.123 e. The van der Waals surface area contributed by atoms with Crippen LogP contribution in [0.25, 0.3) is 0 Å². The Morgan fingerprint density at radius 1 is 1.26 bits per heavy atom. The summed E-state index contributed by atoms with van der Waals surface area (Å²) in [6.45, 7) is 2.60. The van der Waals surface area contributed by atoms with E-state index in [1.807, 2.05) is 24.3 Å². The number of benzene rings is 1. The standard InChI is InChI=1S/C14H22N2O3/c15-16-7-9-18-12-5-3-6-13(10-12)19-11-14-4-1-2-8-17-14/h3,5-6,10,14,16H,1-2,4,7-9,11,15H2. The van der Waals surface area contributed by atoms with Gasteiger partial charge in [0.05, 0.1) is 6.10 Å². The number of nitrogens with two attached hydrogens (primary N) is 1. The summed E-state index contributed by atoms with van der Waals surface area (Å²) >= 11 is 0. The van der Waals surface area contributed by atoms with Crippen molar-refractivity contribution in [2.45, 2.75) is 25.4 Å². The molecule has 1 atom stereocenters. The molecule has 0 aliphatic carbocycles. The lowest BCUT2D eigenvalue weighted by atomic mass is 10.1. The van der Waals surface area contributed by atoms with Gasteiger partial charge >= 0.3 is 0 Å². The summed E-state index contributed by atoms with van der Waals surface area (Å²) in [4.78, 5) is 0. The second-order valence-electron chi connectivity index (χ2n) is 4.58. The van der Waals surface area contributed by atoms with E-state index in [-0.39, 0.29) is 6.10 Å². The van der Waals surface area contributed by atoms with Gasteiger partial charge < -0.3 is 14.2 Å². The predicted molar refractivity (Wildman–Crippen MR) is 73.2 cm³/mol. The molecule has 1 aliphatic heterocycles. The maximum Gasteiger partial charge on any atom is 0.123 e. The van der Waals surface area contributed by atoms with Crippen LogP contribution < -0.4 is 20.7 Å². The highest BCUT2D eigenvalue weighted by molar-refractivity contribution is 5.32. The molecule has 106 valence electrons. The average molecular weight is 266 g/mol. The minimum Gasteiger partial charge on any atom is -0.492 e. The molecule has 19 heavy (non-hydrogen) atoms. The highest BCUT2D eigenvalue weighted by atomic mass is 16.5. The summed E-state index contributed by atoms with van der Waals surface area (Å²) in [5.41, 5.74) is 2.55. The molecule has 1 aliphatic rings. The van der Waals surface area contributed by atoms with Gasteiger partial charge in [0.2, 0.25) is 0 Å². The number of hydrogen-bond donors (Lipinski definition) is 2. The third-order valence-electron chi connectivity index (χ3n) is 3.03. The summed E-state index contributed by atoms with van der Waals surface area (Å²) in [6, 6.07) is 7.64. The van der Waals surface area contributed by atoms with E-state index >= 15 is 0 Å². The fourth-order valence-electron chi connectivity index (χ4n) is 2.01. The number of nitrogens with one attached hydrogen (secondary N) is 1. The van der Waals surface area contributed by atoms with E-state index < -0.39 is 0 Å². The highest BCUT2D eigenvalue weighted by Crippen LogP contribution is 2.21. The Labute approximate surface area is 114 Å². The lowest BCUT2D eigenvalue weighted by Gasteiger charge is -2.22. The molecule has 0 amide bonds. The van der Waals surface area contributed by atoms with Gasteiger partial charge in [0.25, 0.3) is 0 Å². The first-order valence-electron chi connectivity index (χ1n) is 6.79. The molecule has 1 aromatic rings. The molecular formula is C14H22N2O3. The van der Waals surface area contributed by atoms with Crippen molar-refractivity contribution in [2.75, 3.05) is 26.4 Å². The Balaban J connectivity index is 1.77. The van der Waals surface area contributed by atoms with Crippen LogP contribution in [0.4, 0.5) is 0 Å². The van der Waals surface area contributed by atoms with Gasteiger partial charge in [-0.05, 0) is 31.4 Å². The number of hydrogen-bond acceptors (Lipinski definition) is 5. The minimum absolute atomic E-state index is 0.222. The van der Waals surface area contributed by atoms with Gasteiger partial charge in [-0.25, -0.2) is 0 Å². The van der Waals surface area contributed by atoms with Crippen LogP contribution in [0.15, 0.2) is 24.3 Å². The van der Waals surface area contributed by atoms with Crippen LogP contribution in [0.3, 0.4) is 0 Å². The molecule has 0 aromatic heterocycles. The van der Waals surface area contributed by atoms with Crippen molar-refractivity contribution in [1.29, 1.82) is 0 Å². The first kappa shape index (κ1) is 14.1. The molecule has 1 aromatic carbocycles. The fraction of sp³-hybridized carbons (Fsp3) is 0.571. The molecule has 3 N–H and O–H groups in total. The van der Waals surface area contributed by atoms with E-state index in [0.29, 0.717) is 19.8 Å². The van der Waals surface area contributed by atoms with Crippen LogP contribution in [0.2, 0.25) is 0 Å². The van der Waals surface area contributed by atoms with E-state index in [4.69, 9.17) is 20.1 Å². The molecule has 5 heteroatoms. The topological polar surface area (TPSA) is 65.7 Å². The van der Waals surface area contributed by atoms with E-state index in [1.54, 1.807) is 0 Å². The normalized spacial score (nSPS) is 19.1. The van der Waals surface area contributed by atoms with Crippen molar-refractivity contribution in [3.8, 4) is 11.5 Å².